The Morgan fingerprint density at radius 2 is 1.75 bits per heavy atom. The second-order valence-corrected chi connectivity index (χ2v) is 6.02. The predicted molar refractivity (Wildman–Crippen MR) is 89.2 cm³/mol. The van der Waals surface area contributed by atoms with Crippen LogP contribution in [-0.4, -0.2) is 9.97 Å². The van der Waals surface area contributed by atoms with Crippen molar-refractivity contribution in [3.8, 4) is 11.6 Å². The van der Waals surface area contributed by atoms with Crippen molar-refractivity contribution in [3.63, 3.8) is 0 Å². The molecule has 0 saturated heterocycles. The normalized spacial score (nSPS) is 10.6. The number of benzene rings is 2. The number of ether oxygens (including phenoxy) is 1. The third-order valence-corrected chi connectivity index (χ3v) is 4.05. The van der Waals surface area contributed by atoms with Crippen LogP contribution in [0.2, 0.25) is 0 Å². The van der Waals surface area contributed by atoms with E-state index >= 15 is 0 Å². The second-order valence-electron chi connectivity index (χ2n) is 5.08. The van der Waals surface area contributed by atoms with Gasteiger partial charge in [-0.15, -0.1) is 0 Å². The number of aryl methyl sites for hydroxylation is 1. The number of hydrogen-bond acceptors (Lipinski definition) is 4. The van der Waals surface area contributed by atoms with E-state index in [1.54, 1.807) is 12.1 Å². The summed E-state index contributed by atoms with van der Waals surface area (Å²) in [7, 11) is 0. The van der Waals surface area contributed by atoms with Gasteiger partial charge in [0, 0.05) is 17.5 Å². The van der Waals surface area contributed by atoms with Gasteiger partial charge in [-0.2, -0.15) is 4.98 Å². The first-order chi connectivity index (χ1) is 11.6. The van der Waals surface area contributed by atoms with Crippen LogP contribution in [0, 0.1) is 18.6 Å². The maximum absolute atomic E-state index is 13.2. The SMILES string of the molecule is Cc1cc(Oc2ccccc2)nc(SCc2ccc(F)c(F)c2)n1. The Hall–Kier alpha value is -2.47. The average molecular weight is 344 g/mol. The van der Waals surface area contributed by atoms with E-state index in [4.69, 9.17) is 4.74 Å². The first-order valence-electron chi connectivity index (χ1n) is 7.25. The van der Waals surface area contributed by atoms with Crippen LogP contribution >= 0.6 is 11.8 Å². The average Bonchev–Trinajstić information content (AvgIpc) is 2.56. The fraction of sp³-hybridized carbons (Fsp3) is 0.111. The molecule has 0 N–H and O–H groups in total. The molecular formula is C18H14F2N2OS. The minimum atomic E-state index is -0.855. The lowest BCUT2D eigenvalue weighted by Crippen LogP contribution is -1.95. The van der Waals surface area contributed by atoms with Crippen molar-refractivity contribution in [2.75, 3.05) is 0 Å². The van der Waals surface area contributed by atoms with E-state index in [-0.39, 0.29) is 0 Å². The summed E-state index contributed by atoms with van der Waals surface area (Å²) in [5.74, 6) is -0.139. The number of para-hydroxylation sites is 1. The van der Waals surface area contributed by atoms with Gasteiger partial charge in [-0.25, -0.2) is 13.8 Å². The van der Waals surface area contributed by atoms with Gasteiger partial charge >= 0.3 is 0 Å². The van der Waals surface area contributed by atoms with Crippen LogP contribution in [0.15, 0.2) is 59.8 Å². The van der Waals surface area contributed by atoms with Crippen molar-refractivity contribution in [2.24, 2.45) is 0 Å². The van der Waals surface area contributed by atoms with E-state index in [1.165, 1.54) is 17.8 Å². The lowest BCUT2D eigenvalue weighted by molar-refractivity contribution is 0.454. The van der Waals surface area contributed by atoms with E-state index in [0.717, 1.165) is 11.8 Å². The third-order valence-electron chi connectivity index (χ3n) is 3.13. The molecule has 0 unspecified atom stereocenters. The molecule has 1 aromatic heterocycles. The lowest BCUT2D eigenvalue weighted by Gasteiger charge is -2.07. The van der Waals surface area contributed by atoms with Gasteiger partial charge in [0.25, 0.3) is 0 Å². The zero-order valence-corrected chi connectivity index (χ0v) is 13.7. The van der Waals surface area contributed by atoms with Crippen molar-refractivity contribution in [1.29, 1.82) is 0 Å². The lowest BCUT2D eigenvalue weighted by atomic mass is 10.2. The standard InChI is InChI=1S/C18H14F2N2OS/c1-12-9-17(23-14-5-3-2-4-6-14)22-18(21-12)24-11-13-7-8-15(19)16(20)10-13/h2-10H,11H2,1H3. The number of hydrogen-bond donors (Lipinski definition) is 0. The largest absolute Gasteiger partial charge is 0.439 e. The molecule has 0 atom stereocenters. The number of thioether (sulfide) groups is 1. The molecule has 0 aliphatic heterocycles. The van der Waals surface area contributed by atoms with Gasteiger partial charge in [-0.3, -0.25) is 0 Å². The molecule has 3 nitrogen and oxygen atoms in total. The monoisotopic (exact) mass is 344 g/mol. The summed E-state index contributed by atoms with van der Waals surface area (Å²) in [5.41, 5.74) is 1.43. The molecule has 3 rings (SSSR count). The van der Waals surface area contributed by atoms with Gasteiger partial charge in [-0.05, 0) is 36.8 Å². The molecule has 3 aromatic rings. The highest BCUT2D eigenvalue weighted by molar-refractivity contribution is 7.98. The number of halogens is 2. The quantitative estimate of drug-likeness (QED) is 0.474. The fourth-order valence-electron chi connectivity index (χ4n) is 2.02. The molecular weight excluding hydrogens is 330 g/mol. The Kier molecular flexibility index (Phi) is 5.05. The molecule has 0 spiro atoms. The smallest absolute Gasteiger partial charge is 0.223 e. The zero-order valence-electron chi connectivity index (χ0n) is 12.9. The van der Waals surface area contributed by atoms with Crippen LogP contribution in [-0.2, 0) is 5.75 Å². The summed E-state index contributed by atoms with van der Waals surface area (Å²) in [4.78, 5) is 8.68. The molecule has 6 heteroatoms. The van der Waals surface area contributed by atoms with Crippen LogP contribution in [0.4, 0.5) is 8.78 Å². The van der Waals surface area contributed by atoms with Gasteiger partial charge in [0.05, 0.1) is 0 Å². The van der Waals surface area contributed by atoms with Crippen LogP contribution in [0.5, 0.6) is 11.6 Å². The molecule has 0 aliphatic rings. The Morgan fingerprint density at radius 1 is 0.958 bits per heavy atom. The van der Waals surface area contributed by atoms with E-state index in [1.807, 2.05) is 37.3 Å². The zero-order chi connectivity index (χ0) is 16.9. The number of nitrogens with zero attached hydrogens (tertiary/aromatic N) is 2. The van der Waals surface area contributed by atoms with Gasteiger partial charge in [-0.1, -0.05) is 36.0 Å². The Morgan fingerprint density at radius 3 is 2.50 bits per heavy atom. The minimum Gasteiger partial charge on any atom is -0.439 e. The van der Waals surface area contributed by atoms with Gasteiger partial charge in [0.1, 0.15) is 5.75 Å². The van der Waals surface area contributed by atoms with Gasteiger partial charge in [0.15, 0.2) is 16.8 Å². The summed E-state index contributed by atoms with van der Waals surface area (Å²) in [5, 5.41) is 0.519. The van der Waals surface area contributed by atoms with E-state index in [9.17, 15) is 8.78 Å². The molecule has 122 valence electrons. The third kappa shape index (κ3) is 4.29. The molecule has 0 amide bonds. The Bertz CT molecular complexity index is 844. The maximum atomic E-state index is 13.2. The molecule has 0 bridgehead atoms. The fourth-order valence-corrected chi connectivity index (χ4v) is 2.86. The Balaban J connectivity index is 1.72. The number of aromatic nitrogens is 2. The second kappa shape index (κ2) is 7.40. The van der Waals surface area contributed by atoms with Gasteiger partial charge in [0.2, 0.25) is 5.88 Å². The summed E-state index contributed by atoms with van der Waals surface area (Å²) in [6.07, 6.45) is 0. The van der Waals surface area contributed by atoms with Crippen LogP contribution in [0.1, 0.15) is 11.3 Å². The van der Waals surface area contributed by atoms with Gasteiger partial charge < -0.3 is 4.74 Å². The summed E-state index contributed by atoms with van der Waals surface area (Å²) in [6.45, 7) is 1.85. The van der Waals surface area contributed by atoms with Crippen molar-refractivity contribution in [2.45, 2.75) is 17.8 Å². The first-order valence-corrected chi connectivity index (χ1v) is 8.24. The highest BCUT2D eigenvalue weighted by Crippen LogP contribution is 2.25. The first kappa shape index (κ1) is 16.4. The molecule has 0 radical (unpaired) electrons. The molecule has 1 heterocycles. The molecule has 0 fully saturated rings. The van der Waals surface area contributed by atoms with Crippen molar-refractivity contribution in [3.05, 3.63) is 77.5 Å². The molecule has 0 aliphatic carbocycles. The highest BCUT2D eigenvalue weighted by atomic mass is 32.2. The highest BCUT2D eigenvalue weighted by Gasteiger charge is 2.07. The molecule has 2 aromatic carbocycles. The molecule has 24 heavy (non-hydrogen) atoms. The topological polar surface area (TPSA) is 35.0 Å². The summed E-state index contributed by atoms with van der Waals surface area (Å²) >= 11 is 1.34. The van der Waals surface area contributed by atoms with Crippen LogP contribution < -0.4 is 4.74 Å². The maximum Gasteiger partial charge on any atom is 0.223 e. The van der Waals surface area contributed by atoms with Crippen LogP contribution in [0.25, 0.3) is 0 Å². The van der Waals surface area contributed by atoms with E-state index in [0.29, 0.717) is 28.1 Å². The summed E-state index contributed by atoms with van der Waals surface area (Å²) in [6, 6.07) is 14.9. The predicted octanol–water partition coefficient (Wildman–Crippen LogP) is 5.15. The van der Waals surface area contributed by atoms with Crippen LogP contribution in [0.3, 0.4) is 0 Å². The van der Waals surface area contributed by atoms with Crippen molar-refractivity contribution < 1.29 is 13.5 Å². The summed E-state index contributed by atoms with van der Waals surface area (Å²) < 4.78 is 31.9. The number of rotatable bonds is 5. The minimum absolute atomic E-state index is 0.436. The Labute approximate surface area is 142 Å². The molecule has 0 saturated carbocycles. The van der Waals surface area contributed by atoms with E-state index in [2.05, 4.69) is 9.97 Å². The van der Waals surface area contributed by atoms with Crippen molar-refractivity contribution in [1.82, 2.24) is 9.97 Å². The van der Waals surface area contributed by atoms with E-state index < -0.39 is 11.6 Å². The van der Waals surface area contributed by atoms with Crippen molar-refractivity contribution >= 4 is 11.8 Å².